The molecule has 1 N–H and O–H groups in total. The van der Waals surface area contributed by atoms with Crippen molar-refractivity contribution >= 4 is 11.3 Å². The number of hydrogen-bond donors (Lipinski definition) is 1. The molecule has 1 aromatic heterocycles. The highest BCUT2D eigenvalue weighted by Gasteiger charge is 2.29. The Balaban J connectivity index is 1.88. The molecule has 5 heteroatoms. The van der Waals surface area contributed by atoms with E-state index >= 15 is 0 Å². The summed E-state index contributed by atoms with van der Waals surface area (Å²) in [5, 5.41) is 3.25. The van der Waals surface area contributed by atoms with Crippen LogP contribution in [0.2, 0.25) is 0 Å². The zero-order chi connectivity index (χ0) is 14.8. The molecule has 0 aliphatic rings. The van der Waals surface area contributed by atoms with Crippen LogP contribution in [-0.4, -0.2) is 0 Å². The standard InChI is InChI=1S/C15H16F3NS/c1-10-7-14(20-11(10)2)9-19-8-12-3-5-13(6-4-12)15(16,17)18/h3-7,19H,8-9H2,1-2H3. The third-order valence-corrected chi connectivity index (χ3v) is 4.28. The van der Waals surface area contributed by atoms with Crippen molar-refractivity contribution in [3.05, 3.63) is 56.8 Å². The fraction of sp³-hybridized carbons (Fsp3) is 0.333. The van der Waals surface area contributed by atoms with E-state index in [1.54, 1.807) is 11.3 Å². The maximum atomic E-state index is 12.4. The van der Waals surface area contributed by atoms with Crippen LogP contribution in [0.1, 0.15) is 26.4 Å². The molecule has 0 fully saturated rings. The molecular formula is C15H16F3NS. The first-order valence-electron chi connectivity index (χ1n) is 6.29. The van der Waals surface area contributed by atoms with Gasteiger partial charge in [0.05, 0.1) is 5.56 Å². The molecule has 1 nitrogen and oxygen atoms in total. The van der Waals surface area contributed by atoms with Crippen molar-refractivity contribution in [2.24, 2.45) is 0 Å². The van der Waals surface area contributed by atoms with Crippen molar-refractivity contribution in [2.75, 3.05) is 0 Å². The minimum atomic E-state index is -4.27. The Hall–Kier alpha value is -1.33. The number of hydrogen-bond acceptors (Lipinski definition) is 2. The van der Waals surface area contributed by atoms with Crippen LogP contribution in [0.25, 0.3) is 0 Å². The molecule has 0 atom stereocenters. The van der Waals surface area contributed by atoms with Gasteiger partial charge in [0.2, 0.25) is 0 Å². The summed E-state index contributed by atoms with van der Waals surface area (Å²) in [4.78, 5) is 2.54. The van der Waals surface area contributed by atoms with Crippen LogP contribution in [0.4, 0.5) is 13.2 Å². The summed E-state index contributed by atoms with van der Waals surface area (Å²) in [6, 6.07) is 7.41. The van der Waals surface area contributed by atoms with E-state index in [1.165, 1.54) is 27.5 Å². The Bertz CT molecular complexity index is 550. The zero-order valence-corrected chi connectivity index (χ0v) is 12.2. The van der Waals surface area contributed by atoms with Crippen LogP contribution in [0.3, 0.4) is 0 Å². The molecule has 0 saturated carbocycles. The van der Waals surface area contributed by atoms with Crippen LogP contribution < -0.4 is 5.32 Å². The van der Waals surface area contributed by atoms with Crippen molar-refractivity contribution < 1.29 is 13.2 Å². The van der Waals surface area contributed by atoms with Crippen molar-refractivity contribution in [1.82, 2.24) is 5.32 Å². The van der Waals surface area contributed by atoms with E-state index in [4.69, 9.17) is 0 Å². The monoisotopic (exact) mass is 299 g/mol. The number of thiophene rings is 1. The SMILES string of the molecule is Cc1cc(CNCc2ccc(C(F)(F)F)cc2)sc1C. The molecule has 0 spiro atoms. The molecule has 1 heterocycles. The molecule has 108 valence electrons. The Morgan fingerprint density at radius 3 is 2.20 bits per heavy atom. The lowest BCUT2D eigenvalue weighted by atomic mass is 10.1. The Labute approximate surface area is 120 Å². The number of rotatable bonds is 4. The molecule has 20 heavy (non-hydrogen) atoms. The van der Waals surface area contributed by atoms with Crippen LogP contribution >= 0.6 is 11.3 Å². The third-order valence-electron chi connectivity index (χ3n) is 3.13. The molecule has 0 bridgehead atoms. The van der Waals surface area contributed by atoms with E-state index in [-0.39, 0.29) is 0 Å². The molecule has 0 saturated heterocycles. The van der Waals surface area contributed by atoms with Gasteiger partial charge in [-0.25, -0.2) is 0 Å². The number of alkyl halides is 3. The molecule has 0 aliphatic heterocycles. The topological polar surface area (TPSA) is 12.0 Å². The second-order valence-electron chi connectivity index (χ2n) is 4.75. The normalized spacial score (nSPS) is 11.8. The first-order valence-corrected chi connectivity index (χ1v) is 7.10. The van der Waals surface area contributed by atoms with Gasteiger partial charge in [-0.1, -0.05) is 12.1 Å². The highest BCUT2D eigenvalue weighted by Crippen LogP contribution is 2.29. The van der Waals surface area contributed by atoms with E-state index in [0.717, 1.165) is 24.2 Å². The lowest BCUT2D eigenvalue weighted by molar-refractivity contribution is -0.137. The molecule has 0 amide bonds. The van der Waals surface area contributed by atoms with Gasteiger partial charge in [-0.05, 0) is 43.2 Å². The average molecular weight is 299 g/mol. The molecule has 1 aromatic carbocycles. The maximum Gasteiger partial charge on any atom is 0.416 e. The van der Waals surface area contributed by atoms with Crippen molar-refractivity contribution in [2.45, 2.75) is 33.1 Å². The van der Waals surface area contributed by atoms with Crippen LogP contribution in [0.5, 0.6) is 0 Å². The molecule has 0 radical (unpaired) electrons. The van der Waals surface area contributed by atoms with E-state index < -0.39 is 11.7 Å². The summed E-state index contributed by atoms with van der Waals surface area (Å²) in [6.07, 6.45) is -4.27. The summed E-state index contributed by atoms with van der Waals surface area (Å²) < 4.78 is 37.3. The minimum absolute atomic E-state index is 0.564. The summed E-state index contributed by atoms with van der Waals surface area (Å²) in [5.74, 6) is 0. The van der Waals surface area contributed by atoms with E-state index in [2.05, 4.69) is 25.2 Å². The van der Waals surface area contributed by atoms with E-state index in [1.807, 2.05) is 0 Å². The van der Waals surface area contributed by atoms with Gasteiger partial charge in [0, 0.05) is 22.8 Å². The second-order valence-corrected chi connectivity index (χ2v) is 6.09. The van der Waals surface area contributed by atoms with Crippen LogP contribution in [-0.2, 0) is 19.3 Å². The first kappa shape index (κ1) is 15.1. The zero-order valence-electron chi connectivity index (χ0n) is 11.3. The third kappa shape index (κ3) is 3.84. The lowest BCUT2D eigenvalue weighted by Crippen LogP contribution is -2.12. The van der Waals surface area contributed by atoms with Gasteiger partial charge in [-0.3, -0.25) is 0 Å². The fourth-order valence-corrected chi connectivity index (χ4v) is 2.90. The number of benzene rings is 1. The van der Waals surface area contributed by atoms with Gasteiger partial charge < -0.3 is 5.32 Å². The number of halogens is 3. The fourth-order valence-electron chi connectivity index (χ4n) is 1.88. The Kier molecular flexibility index (Phi) is 4.50. The summed E-state index contributed by atoms with van der Waals surface area (Å²) in [7, 11) is 0. The number of aryl methyl sites for hydroxylation is 2. The molecule has 0 unspecified atom stereocenters. The molecule has 2 aromatic rings. The van der Waals surface area contributed by atoms with Crippen molar-refractivity contribution in [3.8, 4) is 0 Å². The summed E-state index contributed by atoms with van der Waals surface area (Å²) in [6.45, 7) is 5.46. The van der Waals surface area contributed by atoms with E-state index in [9.17, 15) is 13.2 Å². The molecule has 0 aliphatic carbocycles. The van der Waals surface area contributed by atoms with Crippen molar-refractivity contribution in [3.63, 3.8) is 0 Å². The molecule has 2 rings (SSSR count). The van der Waals surface area contributed by atoms with Crippen molar-refractivity contribution in [1.29, 1.82) is 0 Å². The quantitative estimate of drug-likeness (QED) is 0.865. The first-order chi connectivity index (χ1) is 9.36. The highest BCUT2D eigenvalue weighted by molar-refractivity contribution is 7.12. The van der Waals surface area contributed by atoms with Gasteiger partial charge in [0.25, 0.3) is 0 Å². The van der Waals surface area contributed by atoms with Crippen LogP contribution in [0.15, 0.2) is 30.3 Å². The predicted octanol–water partition coefficient (Wildman–Crippen LogP) is 4.67. The summed E-state index contributed by atoms with van der Waals surface area (Å²) in [5.41, 5.74) is 1.52. The van der Waals surface area contributed by atoms with Gasteiger partial charge in [-0.2, -0.15) is 13.2 Å². The second kappa shape index (κ2) is 5.97. The van der Waals surface area contributed by atoms with Gasteiger partial charge >= 0.3 is 6.18 Å². The Morgan fingerprint density at radius 2 is 1.70 bits per heavy atom. The van der Waals surface area contributed by atoms with E-state index in [0.29, 0.717) is 6.54 Å². The average Bonchev–Trinajstić information content (AvgIpc) is 2.68. The van der Waals surface area contributed by atoms with Gasteiger partial charge in [0.15, 0.2) is 0 Å². The smallest absolute Gasteiger partial charge is 0.308 e. The Morgan fingerprint density at radius 1 is 1.05 bits per heavy atom. The maximum absolute atomic E-state index is 12.4. The lowest BCUT2D eigenvalue weighted by Gasteiger charge is -2.08. The minimum Gasteiger partial charge on any atom is -0.308 e. The predicted molar refractivity (Wildman–Crippen MR) is 75.8 cm³/mol. The van der Waals surface area contributed by atoms with Gasteiger partial charge in [-0.15, -0.1) is 11.3 Å². The molecular weight excluding hydrogens is 283 g/mol. The highest BCUT2D eigenvalue weighted by atomic mass is 32.1. The van der Waals surface area contributed by atoms with Crippen LogP contribution in [0, 0.1) is 13.8 Å². The number of nitrogens with one attached hydrogen (secondary N) is 1. The largest absolute Gasteiger partial charge is 0.416 e. The van der Waals surface area contributed by atoms with Gasteiger partial charge in [0.1, 0.15) is 0 Å². The summed E-state index contributed by atoms with van der Waals surface area (Å²) >= 11 is 1.74.